The maximum atomic E-state index is 12.7. The van der Waals surface area contributed by atoms with Gasteiger partial charge in [0, 0.05) is 39.4 Å². The van der Waals surface area contributed by atoms with Gasteiger partial charge in [0.15, 0.2) is 5.82 Å². The van der Waals surface area contributed by atoms with Crippen LogP contribution in [-0.4, -0.2) is 65.8 Å². The van der Waals surface area contributed by atoms with Crippen LogP contribution < -0.4 is 5.32 Å². The van der Waals surface area contributed by atoms with E-state index >= 15 is 0 Å². The number of aromatic nitrogens is 2. The Morgan fingerprint density at radius 1 is 1.25 bits per heavy atom. The highest BCUT2D eigenvalue weighted by Crippen LogP contribution is 2.19. The molecular weight excluding hydrogens is 386 g/mol. The number of nitrogens with one attached hydrogen (secondary N) is 1. The first kappa shape index (κ1) is 21.6. The molecular formula is C17H25N5O5S. The summed E-state index contributed by atoms with van der Waals surface area (Å²) in [6.45, 7) is 5.63. The topological polar surface area (TPSA) is 118 Å². The molecule has 2 amide bonds. The fourth-order valence-electron chi connectivity index (χ4n) is 2.69. The summed E-state index contributed by atoms with van der Waals surface area (Å²) >= 11 is 0. The normalized spacial score (nSPS) is 11.6. The lowest BCUT2D eigenvalue weighted by atomic mass is 10.3. The third-order valence-corrected chi connectivity index (χ3v) is 6.18. The predicted molar refractivity (Wildman–Crippen MR) is 102 cm³/mol. The number of likely N-dealkylation sites (N-methyl/N-ethyl adjacent to an activating group) is 1. The monoisotopic (exact) mass is 411 g/mol. The van der Waals surface area contributed by atoms with Crippen LogP contribution in [0.4, 0.5) is 5.82 Å². The summed E-state index contributed by atoms with van der Waals surface area (Å²) in [4.78, 5) is 26.0. The fraction of sp³-hybridized carbons (Fsp3) is 0.471. The lowest BCUT2D eigenvalue weighted by Gasteiger charge is -2.17. The van der Waals surface area contributed by atoms with Gasteiger partial charge in [-0.25, -0.2) is 8.42 Å². The molecule has 0 saturated carbocycles. The summed E-state index contributed by atoms with van der Waals surface area (Å²) in [5, 5.41) is 6.18. The summed E-state index contributed by atoms with van der Waals surface area (Å²) in [6.07, 6.45) is 1.40. The van der Waals surface area contributed by atoms with E-state index in [0.29, 0.717) is 18.8 Å². The Hall–Kier alpha value is -2.66. The zero-order valence-corrected chi connectivity index (χ0v) is 17.4. The molecule has 0 radical (unpaired) electrons. The standard InChI is InChI=1S/C17H25N5O5S/c1-6-22(7-2)28(25,26)13-9-14(20(4)10-13)17(24)21(5)11-16(23)18-15-8-12(3)27-19-15/h8-10H,6-7,11H2,1-5H3,(H,18,19,23). The summed E-state index contributed by atoms with van der Waals surface area (Å²) in [5.41, 5.74) is 0.165. The molecule has 10 nitrogen and oxygen atoms in total. The maximum Gasteiger partial charge on any atom is 0.270 e. The number of aryl methyl sites for hydroxylation is 2. The number of anilines is 1. The van der Waals surface area contributed by atoms with E-state index in [1.165, 1.54) is 33.1 Å². The molecule has 0 aliphatic rings. The van der Waals surface area contributed by atoms with Crippen molar-refractivity contribution < 1.29 is 22.5 Å². The molecule has 0 atom stereocenters. The Balaban J connectivity index is 2.13. The smallest absolute Gasteiger partial charge is 0.270 e. The van der Waals surface area contributed by atoms with E-state index in [2.05, 4.69) is 10.5 Å². The van der Waals surface area contributed by atoms with Crippen molar-refractivity contribution in [2.75, 3.05) is 32.0 Å². The number of sulfonamides is 1. The van der Waals surface area contributed by atoms with Crippen molar-refractivity contribution in [2.45, 2.75) is 25.7 Å². The molecule has 154 valence electrons. The van der Waals surface area contributed by atoms with Crippen LogP contribution in [0, 0.1) is 6.92 Å². The van der Waals surface area contributed by atoms with Crippen molar-refractivity contribution >= 4 is 27.7 Å². The van der Waals surface area contributed by atoms with E-state index in [9.17, 15) is 18.0 Å². The highest BCUT2D eigenvalue weighted by molar-refractivity contribution is 7.89. The van der Waals surface area contributed by atoms with Gasteiger partial charge >= 0.3 is 0 Å². The number of nitrogens with zero attached hydrogens (tertiary/aromatic N) is 4. The first-order valence-electron chi connectivity index (χ1n) is 8.75. The van der Waals surface area contributed by atoms with E-state index in [1.807, 2.05) is 0 Å². The molecule has 0 aliphatic heterocycles. The van der Waals surface area contributed by atoms with E-state index in [1.54, 1.807) is 33.9 Å². The number of rotatable bonds is 8. The van der Waals surface area contributed by atoms with Gasteiger partial charge in [0.2, 0.25) is 15.9 Å². The number of amides is 2. The molecule has 2 aromatic heterocycles. The Bertz CT molecular complexity index is 958. The van der Waals surface area contributed by atoms with Crippen LogP contribution in [0.5, 0.6) is 0 Å². The van der Waals surface area contributed by atoms with Crippen molar-refractivity contribution in [2.24, 2.45) is 7.05 Å². The van der Waals surface area contributed by atoms with E-state index in [4.69, 9.17) is 4.52 Å². The molecule has 0 bridgehead atoms. The third-order valence-electron chi connectivity index (χ3n) is 4.17. The lowest BCUT2D eigenvalue weighted by molar-refractivity contribution is -0.116. The Morgan fingerprint density at radius 2 is 1.89 bits per heavy atom. The van der Waals surface area contributed by atoms with Crippen LogP contribution >= 0.6 is 0 Å². The lowest BCUT2D eigenvalue weighted by Crippen LogP contribution is -2.35. The van der Waals surface area contributed by atoms with Crippen molar-refractivity contribution in [1.82, 2.24) is 18.9 Å². The quantitative estimate of drug-likeness (QED) is 0.694. The number of hydrogen-bond acceptors (Lipinski definition) is 6. The Kier molecular flexibility index (Phi) is 6.62. The van der Waals surface area contributed by atoms with Crippen LogP contribution in [0.2, 0.25) is 0 Å². The second-order valence-corrected chi connectivity index (χ2v) is 8.23. The highest BCUT2D eigenvalue weighted by atomic mass is 32.2. The molecule has 1 N–H and O–H groups in total. The maximum absolute atomic E-state index is 12.7. The van der Waals surface area contributed by atoms with Gasteiger partial charge in [0.25, 0.3) is 5.91 Å². The predicted octanol–water partition coefficient (Wildman–Crippen LogP) is 1.06. The molecule has 0 aliphatic carbocycles. The second kappa shape index (κ2) is 8.57. The molecule has 28 heavy (non-hydrogen) atoms. The van der Waals surface area contributed by atoms with E-state index < -0.39 is 21.8 Å². The average molecular weight is 411 g/mol. The van der Waals surface area contributed by atoms with Crippen molar-refractivity contribution in [3.8, 4) is 0 Å². The van der Waals surface area contributed by atoms with Gasteiger partial charge in [0.05, 0.1) is 6.54 Å². The molecule has 2 rings (SSSR count). The number of carbonyl (C=O) groups excluding carboxylic acids is 2. The molecule has 11 heteroatoms. The SMILES string of the molecule is CCN(CC)S(=O)(=O)c1cc(C(=O)N(C)CC(=O)Nc2cc(C)on2)n(C)c1. The van der Waals surface area contributed by atoms with Gasteiger partial charge in [-0.15, -0.1) is 0 Å². The molecule has 2 aromatic rings. The second-order valence-electron chi connectivity index (χ2n) is 6.29. The molecule has 0 aromatic carbocycles. The molecule has 0 fully saturated rings. The van der Waals surface area contributed by atoms with Crippen LogP contribution in [0.3, 0.4) is 0 Å². The third kappa shape index (κ3) is 4.60. The Labute approximate surface area is 164 Å². The summed E-state index contributed by atoms with van der Waals surface area (Å²) in [7, 11) is -0.636. The van der Waals surface area contributed by atoms with Gasteiger partial charge in [-0.2, -0.15) is 4.31 Å². The van der Waals surface area contributed by atoms with Crippen molar-refractivity contribution in [1.29, 1.82) is 0 Å². The highest BCUT2D eigenvalue weighted by Gasteiger charge is 2.26. The van der Waals surface area contributed by atoms with Crippen LogP contribution in [0.15, 0.2) is 27.7 Å². The average Bonchev–Trinajstić information content (AvgIpc) is 3.20. The van der Waals surface area contributed by atoms with Gasteiger partial charge in [0.1, 0.15) is 16.3 Å². The van der Waals surface area contributed by atoms with Gasteiger partial charge in [-0.05, 0) is 13.0 Å². The zero-order chi connectivity index (χ0) is 21.1. The molecule has 0 spiro atoms. The minimum absolute atomic E-state index is 0.0398. The van der Waals surface area contributed by atoms with E-state index in [0.717, 1.165) is 0 Å². The fourth-order valence-corrected chi connectivity index (χ4v) is 4.22. The van der Waals surface area contributed by atoms with Gasteiger partial charge in [-0.1, -0.05) is 19.0 Å². The summed E-state index contributed by atoms with van der Waals surface area (Å²) < 4.78 is 32.9. The van der Waals surface area contributed by atoms with Crippen LogP contribution in [0.25, 0.3) is 0 Å². The van der Waals surface area contributed by atoms with Gasteiger partial charge in [-0.3, -0.25) is 9.59 Å². The molecule has 2 heterocycles. The van der Waals surface area contributed by atoms with Gasteiger partial charge < -0.3 is 19.3 Å². The van der Waals surface area contributed by atoms with Crippen LogP contribution in [0.1, 0.15) is 30.1 Å². The number of hydrogen-bond donors (Lipinski definition) is 1. The largest absolute Gasteiger partial charge is 0.360 e. The van der Waals surface area contributed by atoms with Crippen molar-refractivity contribution in [3.05, 3.63) is 29.8 Å². The first-order chi connectivity index (χ1) is 13.1. The molecule has 0 saturated heterocycles. The summed E-state index contributed by atoms with van der Waals surface area (Å²) in [6, 6.07) is 2.88. The minimum Gasteiger partial charge on any atom is -0.360 e. The minimum atomic E-state index is -3.68. The first-order valence-corrected chi connectivity index (χ1v) is 10.2. The summed E-state index contributed by atoms with van der Waals surface area (Å²) in [5.74, 6) is -0.121. The van der Waals surface area contributed by atoms with Crippen LogP contribution in [-0.2, 0) is 21.9 Å². The zero-order valence-electron chi connectivity index (χ0n) is 16.6. The molecule has 0 unspecified atom stereocenters. The van der Waals surface area contributed by atoms with E-state index in [-0.39, 0.29) is 23.0 Å². The van der Waals surface area contributed by atoms with Crippen molar-refractivity contribution in [3.63, 3.8) is 0 Å². The number of carbonyl (C=O) groups is 2. The Morgan fingerprint density at radius 3 is 2.43 bits per heavy atom.